The first-order chi connectivity index (χ1) is 8.97. The van der Waals surface area contributed by atoms with Crippen molar-refractivity contribution in [2.24, 2.45) is 0 Å². The normalized spacial score (nSPS) is 10.3. The molecule has 9 heteroatoms. The van der Waals surface area contributed by atoms with Gasteiger partial charge in [-0.15, -0.1) is 0 Å². The molecule has 2 aromatic rings. The smallest absolute Gasteiger partial charge is 0.349 e. The van der Waals surface area contributed by atoms with Gasteiger partial charge < -0.3 is 4.74 Å². The number of hydrogen-bond donors (Lipinski definition) is 0. The van der Waals surface area contributed by atoms with E-state index in [1.165, 1.54) is 6.07 Å². The van der Waals surface area contributed by atoms with Crippen LogP contribution in [0.1, 0.15) is 0 Å². The lowest BCUT2D eigenvalue weighted by atomic mass is 10.3. The molecule has 0 aliphatic heterocycles. The molecule has 0 aliphatic carbocycles. The SMILES string of the molecule is O=[N+]([O-])c1cnc(Cl)nc1Oc1ccc(F)cc1Br. The van der Waals surface area contributed by atoms with E-state index >= 15 is 0 Å². The minimum absolute atomic E-state index is 0.166. The van der Waals surface area contributed by atoms with Crippen molar-refractivity contribution < 1.29 is 14.1 Å². The van der Waals surface area contributed by atoms with Crippen LogP contribution in [0.15, 0.2) is 28.9 Å². The number of rotatable bonds is 3. The summed E-state index contributed by atoms with van der Waals surface area (Å²) in [5.41, 5.74) is -0.444. The highest BCUT2D eigenvalue weighted by atomic mass is 79.9. The molecule has 2 rings (SSSR count). The monoisotopic (exact) mass is 347 g/mol. The Hall–Kier alpha value is -1.80. The molecule has 0 amide bonds. The number of halogens is 3. The lowest BCUT2D eigenvalue weighted by Gasteiger charge is -2.06. The predicted molar refractivity (Wildman–Crippen MR) is 67.9 cm³/mol. The average molecular weight is 349 g/mol. The summed E-state index contributed by atoms with van der Waals surface area (Å²) in [4.78, 5) is 17.2. The van der Waals surface area contributed by atoms with Crippen molar-refractivity contribution in [3.8, 4) is 11.6 Å². The average Bonchev–Trinajstić information content (AvgIpc) is 2.32. The van der Waals surface area contributed by atoms with Crippen molar-refractivity contribution in [1.29, 1.82) is 0 Å². The van der Waals surface area contributed by atoms with Gasteiger partial charge in [-0.3, -0.25) is 10.1 Å². The molecule has 0 atom stereocenters. The quantitative estimate of drug-likeness (QED) is 0.480. The Morgan fingerprint density at radius 2 is 2.21 bits per heavy atom. The maximum Gasteiger partial charge on any atom is 0.349 e. The molecule has 0 bridgehead atoms. The van der Waals surface area contributed by atoms with E-state index in [0.29, 0.717) is 0 Å². The second-order valence-corrected chi connectivity index (χ2v) is 4.46. The second kappa shape index (κ2) is 5.45. The highest BCUT2D eigenvalue weighted by Gasteiger charge is 2.20. The molecule has 1 heterocycles. The lowest BCUT2D eigenvalue weighted by Crippen LogP contribution is -1.98. The van der Waals surface area contributed by atoms with E-state index in [1.807, 2.05) is 0 Å². The molecule has 0 saturated carbocycles. The molecule has 1 aromatic heterocycles. The van der Waals surface area contributed by atoms with Crippen LogP contribution in [-0.4, -0.2) is 14.9 Å². The van der Waals surface area contributed by atoms with E-state index < -0.39 is 16.4 Å². The minimum atomic E-state index is -0.705. The van der Waals surface area contributed by atoms with Gasteiger partial charge in [-0.2, -0.15) is 4.98 Å². The third-order valence-corrected chi connectivity index (χ3v) is 2.81. The Morgan fingerprint density at radius 1 is 1.47 bits per heavy atom. The lowest BCUT2D eigenvalue weighted by molar-refractivity contribution is -0.386. The Balaban J connectivity index is 2.42. The van der Waals surface area contributed by atoms with Gasteiger partial charge in [0.05, 0.1) is 9.40 Å². The molecule has 0 spiro atoms. The van der Waals surface area contributed by atoms with Crippen molar-refractivity contribution in [2.45, 2.75) is 0 Å². The molecule has 0 radical (unpaired) electrons. The van der Waals surface area contributed by atoms with Gasteiger partial charge in [0.25, 0.3) is 0 Å². The van der Waals surface area contributed by atoms with Crippen molar-refractivity contribution in [2.75, 3.05) is 0 Å². The van der Waals surface area contributed by atoms with Crippen molar-refractivity contribution >= 4 is 33.2 Å². The van der Waals surface area contributed by atoms with Gasteiger partial charge in [0.1, 0.15) is 17.8 Å². The first kappa shape index (κ1) is 13.6. The molecule has 98 valence electrons. The number of ether oxygens (including phenoxy) is 1. The molecule has 0 N–H and O–H groups in total. The molecule has 6 nitrogen and oxygen atoms in total. The van der Waals surface area contributed by atoms with E-state index in [-0.39, 0.29) is 21.4 Å². The molecule has 19 heavy (non-hydrogen) atoms. The third-order valence-electron chi connectivity index (χ3n) is 2.00. The standard InChI is InChI=1S/C10H4BrClFN3O3/c11-6-3-5(13)1-2-8(6)19-9-7(16(17)18)4-14-10(12)15-9/h1-4H. The maximum absolute atomic E-state index is 12.9. The van der Waals surface area contributed by atoms with Gasteiger partial charge in [-0.25, -0.2) is 9.37 Å². The Bertz CT molecular complexity index is 656. The zero-order chi connectivity index (χ0) is 14.0. The van der Waals surface area contributed by atoms with Gasteiger partial charge in [0.15, 0.2) is 0 Å². The van der Waals surface area contributed by atoms with Crippen molar-refractivity contribution in [3.05, 3.63) is 50.1 Å². The van der Waals surface area contributed by atoms with Crippen molar-refractivity contribution in [3.63, 3.8) is 0 Å². The van der Waals surface area contributed by atoms with Crippen LogP contribution >= 0.6 is 27.5 Å². The van der Waals surface area contributed by atoms with Crippen molar-refractivity contribution in [1.82, 2.24) is 9.97 Å². The number of hydrogen-bond acceptors (Lipinski definition) is 5. The summed E-state index contributed by atoms with van der Waals surface area (Å²) >= 11 is 8.63. The molecular weight excluding hydrogens is 344 g/mol. The van der Waals surface area contributed by atoms with E-state index in [0.717, 1.165) is 18.3 Å². The number of nitro groups is 1. The van der Waals surface area contributed by atoms with E-state index in [4.69, 9.17) is 16.3 Å². The van der Waals surface area contributed by atoms with Crippen LogP contribution in [0.4, 0.5) is 10.1 Å². The largest absolute Gasteiger partial charge is 0.432 e. The first-order valence-electron chi connectivity index (χ1n) is 4.77. The van der Waals surface area contributed by atoms with E-state index in [2.05, 4.69) is 25.9 Å². The van der Waals surface area contributed by atoms with Gasteiger partial charge in [-0.05, 0) is 45.7 Å². The molecule has 0 fully saturated rings. The summed E-state index contributed by atoms with van der Waals surface area (Å²) in [7, 11) is 0. The van der Waals surface area contributed by atoms with Gasteiger partial charge in [0.2, 0.25) is 5.28 Å². The van der Waals surface area contributed by atoms with Gasteiger partial charge in [-0.1, -0.05) is 0 Å². The molecule has 0 saturated heterocycles. The van der Waals surface area contributed by atoms with Crippen LogP contribution in [0, 0.1) is 15.9 Å². The number of aromatic nitrogens is 2. The Kier molecular flexibility index (Phi) is 3.91. The summed E-state index contributed by atoms with van der Waals surface area (Å²) in [6, 6.07) is 3.61. The summed E-state index contributed by atoms with van der Waals surface area (Å²) < 4.78 is 18.5. The zero-order valence-electron chi connectivity index (χ0n) is 9.01. The highest BCUT2D eigenvalue weighted by Crippen LogP contribution is 2.33. The molecule has 1 aromatic carbocycles. The Labute approximate surface area is 119 Å². The first-order valence-corrected chi connectivity index (χ1v) is 5.94. The molecule has 0 aliphatic rings. The summed E-state index contributed by atoms with van der Waals surface area (Å²) in [5, 5.41) is 10.6. The fourth-order valence-corrected chi connectivity index (χ4v) is 1.76. The third kappa shape index (κ3) is 3.15. The van der Waals surface area contributed by atoms with Crippen LogP contribution in [-0.2, 0) is 0 Å². The van der Waals surface area contributed by atoms with Gasteiger partial charge in [0, 0.05) is 0 Å². The minimum Gasteiger partial charge on any atom is -0.432 e. The number of benzene rings is 1. The van der Waals surface area contributed by atoms with E-state index in [1.54, 1.807) is 0 Å². The fourth-order valence-electron chi connectivity index (χ4n) is 1.20. The van der Waals surface area contributed by atoms with Crippen LogP contribution in [0.2, 0.25) is 5.28 Å². The van der Waals surface area contributed by atoms with Crippen LogP contribution < -0.4 is 4.74 Å². The summed E-state index contributed by atoms with van der Waals surface area (Å²) in [6.07, 6.45) is 0.933. The summed E-state index contributed by atoms with van der Waals surface area (Å²) in [5.74, 6) is -0.633. The maximum atomic E-state index is 12.9. The Morgan fingerprint density at radius 3 is 2.84 bits per heavy atom. The molecular formula is C10H4BrClFN3O3. The van der Waals surface area contributed by atoms with Crippen LogP contribution in [0.3, 0.4) is 0 Å². The van der Waals surface area contributed by atoms with E-state index in [9.17, 15) is 14.5 Å². The number of nitrogens with zero attached hydrogens (tertiary/aromatic N) is 3. The van der Waals surface area contributed by atoms with Crippen LogP contribution in [0.5, 0.6) is 11.6 Å². The second-order valence-electron chi connectivity index (χ2n) is 3.26. The zero-order valence-corrected chi connectivity index (χ0v) is 11.4. The van der Waals surface area contributed by atoms with Crippen LogP contribution in [0.25, 0.3) is 0 Å². The summed E-state index contributed by atoms with van der Waals surface area (Å²) in [6.45, 7) is 0. The highest BCUT2D eigenvalue weighted by molar-refractivity contribution is 9.10. The van der Waals surface area contributed by atoms with Gasteiger partial charge >= 0.3 is 11.6 Å². The molecule has 0 unspecified atom stereocenters. The topological polar surface area (TPSA) is 78.2 Å². The fraction of sp³-hybridized carbons (Fsp3) is 0. The predicted octanol–water partition coefficient (Wildman–Crippen LogP) is 3.73.